The highest BCUT2D eigenvalue weighted by molar-refractivity contribution is 6.04. The molecule has 6 nitrogen and oxygen atoms in total. The Balaban J connectivity index is 1.55. The van der Waals surface area contributed by atoms with Gasteiger partial charge in [0, 0.05) is 6.04 Å². The molecule has 0 bridgehead atoms. The van der Waals surface area contributed by atoms with Crippen molar-refractivity contribution in [2.45, 2.75) is 45.1 Å². The molecule has 25 heavy (non-hydrogen) atoms. The second kappa shape index (κ2) is 7.68. The molecule has 1 aromatic rings. The molecule has 3 rings (SSSR count). The van der Waals surface area contributed by atoms with Crippen molar-refractivity contribution in [2.24, 2.45) is 11.8 Å². The van der Waals surface area contributed by atoms with Crippen LogP contribution in [-0.4, -0.2) is 30.4 Å². The summed E-state index contributed by atoms with van der Waals surface area (Å²) in [7, 11) is 0. The third-order valence-corrected chi connectivity index (χ3v) is 4.89. The van der Waals surface area contributed by atoms with Gasteiger partial charge in [0.15, 0.2) is 6.61 Å². The Morgan fingerprint density at radius 3 is 2.52 bits per heavy atom. The van der Waals surface area contributed by atoms with Crippen molar-refractivity contribution < 1.29 is 19.1 Å². The van der Waals surface area contributed by atoms with Gasteiger partial charge in [-0.25, -0.2) is 0 Å². The van der Waals surface area contributed by atoms with Gasteiger partial charge >= 0.3 is 5.97 Å². The molecule has 0 heterocycles. The highest BCUT2D eigenvalue weighted by Crippen LogP contribution is 2.38. The Bertz CT molecular complexity index is 667. The molecule has 2 aliphatic rings. The number of ether oxygens (including phenoxy) is 1. The number of hydrogen-bond donors (Lipinski definition) is 2. The number of carbonyl (C=O) groups is 3. The number of amides is 2. The number of hydrogen-bond acceptors (Lipinski definition) is 4. The summed E-state index contributed by atoms with van der Waals surface area (Å²) in [6.07, 6.45) is 5.08. The van der Waals surface area contributed by atoms with E-state index in [0.29, 0.717) is 17.2 Å². The van der Waals surface area contributed by atoms with Gasteiger partial charge in [0.05, 0.1) is 17.2 Å². The fourth-order valence-electron chi connectivity index (χ4n) is 3.20. The van der Waals surface area contributed by atoms with Crippen LogP contribution in [0.2, 0.25) is 0 Å². The largest absolute Gasteiger partial charge is 0.455 e. The third kappa shape index (κ3) is 4.59. The minimum absolute atomic E-state index is 0.0720. The van der Waals surface area contributed by atoms with Crippen molar-refractivity contribution in [3.05, 3.63) is 29.8 Å². The standard InChI is InChI=1S/C19H24N2O4/c1-12-10-15(12)19(24)25-11-17(22)21-16-9-5-4-8-14(16)18(23)20-13-6-2-3-7-13/h4-5,8-9,12-13,15H,2-3,6-7,10-11H2,1H3,(H,20,23)(H,21,22)/t12-,15-/m1/s1. The topological polar surface area (TPSA) is 84.5 Å². The van der Waals surface area contributed by atoms with E-state index < -0.39 is 5.91 Å². The van der Waals surface area contributed by atoms with Crippen LogP contribution in [0.1, 0.15) is 49.4 Å². The molecule has 0 aromatic heterocycles. The lowest BCUT2D eigenvalue weighted by Crippen LogP contribution is -2.33. The van der Waals surface area contributed by atoms with Crippen LogP contribution in [0.5, 0.6) is 0 Å². The number of para-hydroxylation sites is 1. The fraction of sp³-hybridized carbons (Fsp3) is 0.526. The number of benzene rings is 1. The molecule has 0 radical (unpaired) electrons. The summed E-state index contributed by atoms with van der Waals surface area (Å²) in [5.74, 6) is -0.683. The monoisotopic (exact) mass is 344 g/mol. The van der Waals surface area contributed by atoms with Gasteiger partial charge in [-0.15, -0.1) is 0 Å². The van der Waals surface area contributed by atoms with Crippen LogP contribution in [0.4, 0.5) is 5.69 Å². The molecule has 2 atom stereocenters. The Kier molecular flexibility index (Phi) is 5.36. The summed E-state index contributed by atoms with van der Waals surface area (Å²) in [5.41, 5.74) is 0.851. The minimum Gasteiger partial charge on any atom is -0.455 e. The van der Waals surface area contributed by atoms with Crippen LogP contribution in [0, 0.1) is 11.8 Å². The average molecular weight is 344 g/mol. The molecular weight excluding hydrogens is 320 g/mol. The van der Waals surface area contributed by atoms with Crippen molar-refractivity contribution in [1.82, 2.24) is 5.32 Å². The number of anilines is 1. The predicted molar refractivity (Wildman–Crippen MR) is 93.0 cm³/mol. The maximum Gasteiger partial charge on any atom is 0.309 e. The number of rotatable bonds is 6. The van der Waals surface area contributed by atoms with E-state index in [1.54, 1.807) is 24.3 Å². The number of esters is 1. The average Bonchev–Trinajstić information content (AvgIpc) is 3.11. The normalized spacial score (nSPS) is 22.3. The van der Waals surface area contributed by atoms with E-state index in [1.165, 1.54) is 0 Å². The first-order valence-corrected chi connectivity index (χ1v) is 8.91. The Labute approximate surface area is 147 Å². The first-order chi connectivity index (χ1) is 12.0. The molecule has 2 N–H and O–H groups in total. The summed E-state index contributed by atoms with van der Waals surface area (Å²) in [6, 6.07) is 7.06. The van der Waals surface area contributed by atoms with E-state index in [0.717, 1.165) is 32.1 Å². The summed E-state index contributed by atoms with van der Waals surface area (Å²) in [6.45, 7) is 1.64. The number of nitrogens with one attached hydrogen (secondary N) is 2. The molecule has 0 aliphatic heterocycles. The predicted octanol–water partition coefficient (Wildman–Crippen LogP) is 2.50. The van der Waals surface area contributed by atoms with Crippen molar-refractivity contribution in [3.8, 4) is 0 Å². The lowest BCUT2D eigenvalue weighted by molar-refractivity contribution is -0.148. The molecular formula is C19H24N2O4. The summed E-state index contributed by atoms with van der Waals surface area (Å²) in [4.78, 5) is 36.2. The molecule has 0 saturated heterocycles. The lowest BCUT2D eigenvalue weighted by atomic mass is 10.1. The number of carbonyl (C=O) groups excluding carboxylic acids is 3. The molecule has 2 aliphatic carbocycles. The van der Waals surface area contributed by atoms with Crippen LogP contribution in [0.3, 0.4) is 0 Å². The smallest absolute Gasteiger partial charge is 0.309 e. The van der Waals surface area contributed by atoms with Gasteiger partial charge in [0.1, 0.15) is 0 Å². The van der Waals surface area contributed by atoms with Gasteiger partial charge < -0.3 is 15.4 Å². The SMILES string of the molecule is C[C@@H]1C[C@H]1C(=O)OCC(=O)Nc1ccccc1C(=O)NC1CCCC1. The zero-order valence-electron chi connectivity index (χ0n) is 14.4. The minimum atomic E-state index is -0.442. The molecule has 2 fully saturated rings. The van der Waals surface area contributed by atoms with Crippen molar-refractivity contribution in [3.63, 3.8) is 0 Å². The summed E-state index contributed by atoms with van der Waals surface area (Å²) >= 11 is 0. The zero-order valence-corrected chi connectivity index (χ0v) is 14.4. The molecule has 2 amide bonds. The Hall–Kier alpha value is -2.37. The van der Waals surface area contributed by atoms with E-state index in [2.05, 4.69) is 10.6 Å². The van der Waals surface area contributed by atoms with E-state index in [9.17, 15) is 14.4 Å². The van der Waals surface area contributed by atoms with Gasteiger partial charge in [0.25, 0.3) is 11.8 Å². The van der Waals surface area contributed by atoms with Crippen LogP contribution in [0.25, 0.3) is 0 Å². The van der Waals surface area contributed by atoms with E-state index >= 15 is 0 Å². The van der Waals surface area contributed by atoms with E-state index in [1.807, 2.05) is 6.92 Å². The van der Waals surface area contributed by atoms with Crippen LogP contribution < -0.4 is 10.6 Å². The van der Waals surface area contributed by atoms with E-state index in [-0.39, 0.29) is 30.4 Å². The highest BCUT2D eigenvalue weighted by Gasteiger charge is 2.40. The molecule has 0 spiro atoms. The molecule has 6 heteroatoms. The van der Waals surface area contributed by atoms with Gasteiger partial charge in [-0.2, -0.15) is 0 Å². The molecule has 1 aromatic carbocycles. The first kappa shape index (κ1) is 17.5. The van der Waals surface area contributed by atoms with E-state index in [4.69, 9.17) is 4.74 Å². The maximum atomic E-state index is 12.5. The molecule has 134 valence electrons. The van der Waals surface area contributed by atoms with Gasteiger partial charge in [-0.1, -0.05) is 31.9 Å². The summed E-state index contributed by atoms with van der Waals surface area (Å²) in [5, 5.41) is 5.68. The van der Waals surface area contributed by atoms with Gasteiger partial charge in [-0.05, 0) is 37.3 Å². The summed E-state index contributed by atoms with van der Waals surface area (Å²) < 4.78 is 5.03. The zero-order chi connectivity index (χ0) is 17.8. The van der Waals surface area contributed by atoms with Gasteiger partial charge in [0.2, 0.25) is 0 Å². The van der Waals surface area contributed by atoms with Crippen molar-refractivity contribution in [2.75, 3.05) is 11.9 Å². The maximum absolute atomic E-state index is 12.5. The van der Waals surface area contributed by atoms with Gasteiger partial charge in [-0.3, -0.25) is 14.4 Å². The second-order valence-corrected chi connectivity index (χ2v) is 6.98. The molecule has 0 unspecified atom stereocenters. The molecule has 2 saturated carbocycles. The van der Waals surface area contributed by atoms with Crippen molar-refractivity contribution >= 4 is 23.5 Å². The Morgan fingerprint density at radius 2 is 1.84 bits per heavy atom. The van der Waals surface area contributed by atoms with Crippen LogP contribution in [0.15, 0.2) is 24.3 Å². The highest BCUT2D eigenvalue weighted by atomic mass is 16.5. The van der Waals surface area contributed by atoms with Crippen LogP contribution in [-0.2, 0) is 14.3 Å². The Morgan fingerprint density at radius 1 is 1.16 bits per heavy atom. The first-order valence-electron chi connectivity index (χ1n) is 8.91. The lowest BCUT2D eigenvalue weighted by Gasteiger charge is -2.15. The van der Waals surface area contributed by atoms with Crippen LogP contribution >= 0.6 is 0 Å². The third-order valence-electron chi connectivity index (χ3n) is 4.89. The fourth-order valence-corrected chi connectivity index (χ4v) is 3.20. The van der Waals surface area contributed by atoms with Crippen molar-refractivity contribution in [1.29, 1.82) is 0 Å². The second-order valence-electron chi connectivity index (χ2n) is 6.98. The quantitative estimate of drug-likeness (QED) is 0.777.